The Morgan fingerprint density at radius 2 is 1.82 bits per heavy atom. The number of oxazole rings is 1. The second-order valence-corrected chi connectivity index (χ2v) is 8.84. The summed E-state index contributed by atoms with van der Waals surface area (Å²) in [6.45, 7) is 3.66. The predicted octanol–water partition coefficient (Wildman–Crippen LogP) is 3.47. The smallest absolute Gasteiger partial charge is 0.226 e. The minimum atomic E-state index is -3.63. The van der Waals surface area contributed by atoms with Gasteiger partial charge in [-0.2, -0.15) is 0 Å². The number of nitrogens with zero attached hydrogens (tertiary/aromatic N) is 2. The molecule has 0 spiro atoms. The molecule has 0 atom stereocenters. The van der Waals surface area contributed by atoms with Gasteiger partial charge in [-0.05, 0) is 44.5 Å². The molecule has 0 saturated carbocycles. The van der Waals surface area contributed by atoms with Crippen LogP contribution in [0.4, 0.5) is 0 Å². The highest BCUT2D eigenvalue weighted by Gasteiger charge is 2.22. The number of carbonyl (C=O) groups excluding carboxylic acids is 1. The fourth-order valence-electron chi connectivity index (χ4n) is 2.77. The number of aryl methyl sites for hydroxylation is 3. The van der Waals surface area contributed by atoms with Gasteiger partial charge in [0.1, 0.15) is 17.3 Å². The monoisotopic (exact) mass is 398 g/mol. The lowest BCUT2D eigenvalue weighted by Gasteiger charge is -2.03. The van der Waals surface area contributed by atoms with E-state index in [1.54, 1.807) is 19.2 Å². The number of pyridine rings is 1. The Morgan fingerprint density at radius 3 is 2.50 bits per heavy atom. The standard InChI is InChI=1S/C21H22N2O4S/c1-15-6-8-17(9-7-15)21-23-20(16(2)27-21)14-28(25,26)13-19(24)11-10-18-5-3-4-12-22-18/h3-9,12H,10-11,13-14H2,1-2H3. The summed E-state index contributed by atoms with van der Waals surface area (Å²) >= 11 is 0. The number of hydrogen-bond acceptors (Lipinski definition) is 6. The van der Waals surface area contributed by atoms with Gasteiger partial charge < -0.3 is 4.42 Å². The van der Waals surface area contributed by atoms with Crippen molar-refractivity contribution in [1.29, 1.82) is 0 Å². The highest BCUT2D eigenvalue weighted by molar-refractivity contribution is 7.91. The Kier molecular flexibility index (Phi) is 6.04. The van der Waals surface area contributed by atoms with E-state index in [9.17, 15) is 13.2 Å². The molecule has 2 heterocycles. The predicted molar refractivity (Wildman–Crippen MR) is 106 cm³/mol. The van der Waals surface area contributed by atoms with Gasteiger partial charge in [0, 0.05) is 23.9 Å². The molecule has 0 radical (unpaired) electrons. The molecular formula is C21H22N2O4S. The molecule has 0 bridgehead atoms. The zero-order valence-electron chi connectivity index (χ0n) is 15.9. The van der Waals surface area contributed by atoms with Gasteiger partial charge in [-0.15, -0.1) is 0 Å². The highest BCUT2D eigenvalue weighted by Crippen LogP contribution is 2.23. The van der Waals surface area contributed by atoms with E-state index in [0.717, 1.165) is 16.8 Å². The Labute approximate surface area is 164 Å². The topological polar surface area (TPSA) is 90.1 Å². The molecule has 0 aliphatic carbocycles. The second-order valence-electron chi connectivity index (χ2n) is 6.78. The van der Waals surface area contributed by atoms with Crippen molar-refractivity contribution in [1.82, 2.24) is 9.97 Å². The third-order valence-electron chi connectivity index (χ3n) is 4.31. The van der Waals surface area contributed by atoms with Crippen LogP contribution in [0.2, 0.25) is 0 Å². The average Bonchev–Trinajstić information content (AvgIpc) is 3.01. The molecule has 3 aromatic rings. The third-order valence-corrected chi connectivity index (χ3v) is 5.79. The first-order valence-corrected chi connectivity index (χ1v) is 10.8. The van der Waals surface area contributed by atoms with Crippen LogP contribution in [0.25, 0.3) is 11.5 Å². The summed E-state index contributed by atoms with van der Waals surface area (Å²) in [6, 6.07) is 13.1. The van der Waals surface area contributed by atoms with Crippen molar-refractivity contribution in [2.75, 3.05) is 5.75 Å². The SMILES string of the molecule is Cc1ccc(-c2nc(CS(=O)(=O)CC(=O)CCc3ccccn3)c(C)o2)cc1. The van der Waals surface area contributed by atoms with Crippen molar-refractivity contribution in [3.8, 4) is 11.5 Å². The first kappa shape index (κ1) is 19.9. The normalized spacial score (nSPS) is 11.5. The molecule has 0 aliphatic rings. The molecule has 0 unspecified atom stereocenters. The molecule has 0 saturated heterocycles. The van der Waals surface area contributed by atoms with Crippen LogP contribution in [0.3, 0.4) is 0 Å². The first-order valence-electron chi connectivity index (χ1n) is 8.98. The molecule has 146 valence electrons. The summed E-state index contributed by atoms with van der Waals surface area (Å²) in [5, 5.41) is 0. The fraction of sp³-hybridized carbons (Fsp3) is 0.286. The lowest BCUT2D eigenvalue weighted by Crippen LogP contribution is -2.18. The van der Waals surface area contributed by atoms with Crippen molar-refractivity contribution in [2.45, 2.75) is 32.4 Å². The maximum Gasteiger partial charge on any atom is 0.226 e. The molecule has 28 heavy (non-hydrogen) atoms. The van der Waals surface area contributed by atoms with E-state index < -0.39 is 15.6 Å². The van der Waals surface area contributed by atoms with Crippen LogP contribution >= 0.6 is 0 Å². The number of benzene rings is 1. The van der Waals surface area contributed by atoms with Crippen LogP contribution in [0, 0.1) is 13.8 Å². The van der Waals surface area contributed by atoms with Crippen LogP contribution in [0.5, 0.6) is 0 Å². The van der Waals surface area contributed by atoms with Crippen LogP contribution in [-0.4, -0.2) is 29.9 Å². The van der Waals surface area contributed by atoms with Crippen LogP contribution in [-0.2, 0) is 26.8 Å². The largest absolute Gasteiger partial charge is 0.441 e. The second kappa shape index (κ2) is 8.48. The number of aromatic nitrogens is 2. The Bertz CT molecular complexity index is 1060. The van der Waals surface area contributed by atoms with Gasteiger partial charge in [0.05, 0.1) is 11.4 Å². The summed E-state index contributed by atoms with van der Waals surface area (Å²) < 4.78 is 30.5. The molecule has 7 heteroatoms. The van der Waals surface area contributed by atoms with Gasteiger partial charge in [0.25, 0.3) is 0 Å². The van der Waals surface area contributed by atoms with E-state index in [1.807, 2.05) is 43.3 Å². The molecule has 0 N–H and O–H groups in total. The molecular weight excluding hydrogens is 376 g/mol. The quantitative estimate of drug-likeness (QED) is 0.577. The number of ketones is 1. The van der Waals surface area contributed by atoms with Crippen molar-refractivity contribution < 1.29 is 17.6 Å². The van der Waals surface area contributed by atoms with Gasteiger partial charge in [0.15, 0.2) is 9.84 Å². The molecule has 0 aliphatic heterocycles. The van der Waals surface area contributed by atoms with E-state index in [4.69, 9.17) is 4.42 Å². The van der Waals surface area contributed by atoms with E-state index >= 15 is 0 Å². The maximum absolute atomic E-state index is 12.4. The minimum absolute atomic E-state index is 0.142. The summed E-state index contributed by atoms with van der Waals surface area (Å²) in [5.74, 6) is -0.329. The van der Waals surface area contributed by atoms with Crippen molar-refractivity contribution in [3.63, 3.8) is 0 Å². The Hall–Kier alpha value is -2.80. The van der Waals surface area contributed by atoms with Crippen molar-refractivity contribution in [2.24, 2.45) is 0 Å². The first-order chi connectivity index (χ1) is 13.3. The van der Waals surface area contributed by atoms with Gasteiger partial charge in [-0.3, -0.25) is 9.78 Å². The van der Waals surface area contributed by atoms with Crippen LogP contribution in [0.15, 0.2) is 53.1 Å². The molecule has 3 rings (SSSR count). The van der Waals surface area contributed by atoms with Crippen LogP contribution < -0.4 is 0 Å². The molecule has 6 nitrogen and oxygen atoms in total. The number of hydrogen-bond donors (Lipinski definition) is 0. The zero-order valence-corrected chi connectivity index (χ0v) is 16.7. The van der Waals surface area contributed by atoms with Crippen molar-refractivity contribution >= 4 is 15.6 Å². The zero-order chi connectivity index (χ0) is 20.1. The van der Waals surface area contributed by atoms with E-state index in [-0.39, 0.29) is 18.0 Å². The van der Waals surface area contributed by atoms with E-state index in [1.165, 1.54) is 0 Å². The highest BCUT2D eigenvalue weighted by atomic mass is 32.2. The minimum Gasteiger partial charge on any atom is -0.441 e. The Balaban J connectivity index is 1.63. The lowest BCUT2D eigenvalue weighted by molar-refractivity contribution is -0.116. The van der Waals surface area contributed by atoms with Crippen LogP contribution in [0.1, 0.15) is 29.1 Å². The van der Waals surface area contributed by atoms with Gasteiger partial charge in [-0.1, -0.05) is 23.8 Å². The Morgan fingerprint density at radius 1 is 1.07 bits per heavy atom. The number of rotatable bonds is 8. The lowest BCUT2D eigenvalue weighted by atomic mass is 10.1. The van der Waals surface area contributed by atoms with Gasteiger partial charge in [0.2, 0.25) is 5.89 Å². The van der Waals surface area contributed by atoms with E-state index in [2.05, 4.69) is 9.97 Å². The number of Topliss-reactive ketones (excluding diaryl/α,β-unsaturated/α-hetero) is 1. The summed E-state index contributed by atoms with van der Waals surface area (Å²) in [4.78, 5) is 20.6. The third kappa shape index (κ3) is 5.36. The molecule has 1 aromatic carbocycles. The summed E-state index contributed by atoms with van der Waals surface area (Å²) in [6.07, 6.45) is 2.22. The number of carbonyl (C=O) groups is 1. The number of sulfone groups is 1. The van der Waals surface area contributed by atoms with E-state index in [0.29, 0.717) is 23.8 Å². The van der Waals surface area contributed by atoms with Gasteiger partial charge >= 0.3 is 0 Å². The average molecular weight is 398 g/mol. The fourth-order valence-corrected chi connectivity index (χ4v) is 4.19. The molecule has 0 amide bonds. The molecule has 0 fully saturated rings. The maximum atomic E-state index is 12.4. The summed E-state index contributed by atoms with van der Waals surface area (Å²) in [5.41, 5.74) is 3.00. The van der Waals surface area contributed by atoms with Gasteiger partial charge in [-0.25, -0.2) is 13.4 Å². The summed E-state index contributed by atoms with van der Waals surface area (Å²) in [7, 11) is -3.63. The molecule has 2 aromatic heterocycles. The van der Waals surface area contributed by atoms with Crippen molar-refractivity contribution in [3.05, 3.63) is 71.4 Å².